The Balaban J connectivity index is 0.000000980. The van der Waals surface area contributed by atoms with Gasteiger partial charge in [-0.1, -0.05) is 0 Å². The van der Waals surface area contributed by atoms with E-state index in [0.717, 1.165) is 36.9 Å². The Morgan fingerprint density at radius 1 is 1.33 bits per heavy atom. The minimum absolute atomic E-state index is 0. The Morgan fingerprint density at radius 3 is 2.40 bits per heavy atom. The molecule has 2 heterocycles. The van der Waals surface area contributed by atoms with E-state index in [1.165, 1.54) is 11.5 Å². The van der Waals surface area contributed by atoms with Gasteiger partial charge in [-0.3, -0.25) is 0 Å². The lowest BCUT2D eigenvalue weighted by Crippen LogP contribution is -2.39. The van der Waals surface area contributed by atoms with Crippen molar-refractivity contribution in [3.8, 4) is 0 Å². The van der Waals surface area contributed by atoms with E-state index in [1.807, 2.05) is 6.92 Å². The molecule has 1 aromatic heterocycles. The minimum Gasteiger partial charge on any atom is -0.347 e. The van der Waals surface area contributed by atoms with Gasteiger partial charge in [-0.2, -0.15) is 4.37 Å². The van der Waals surface area contributed by atoms with Crippen LogP contribution in [0.3, 0.4) is 0 Å². The van der Waals surface area contributed by atoms with Crippen LogP contribution in [-0.4, -0.2) is 28.5 Å². The Kier molecular flexibility index (Phi) is 6.43. The normalized spacial score (nSPS) is 16.8. The monoisotopic (exact) mass is 270 g/mol. The molecule has 0 aromatic carbocycles. The van der Waals surface area contributed by atoms with Crippen LogP contribution < -0.4 is 10.6 Å². The first-order valence-corrected chi connectivity index (χ1v) is 5.34. The van der Waals surface area contributed by atoms with Gasteiger partial charge < -0.3 is 10.6 Å². The van der Waals surface area contributed by atoms with Crippen LogP contribution in [0, 0.1) is 6.92 Å². The van der Waals surface area contributed by atoms with E-state index in [-0.39, 0.29) is 24.8 Å². The van der Waals surface area contributed by atoms with Crippen LogP contribution in [-0.2, 0) is 0 Å². The number of halogens is 2. The Hall–Kier alpha value is -0.100. The topological polar surface area (TPSA) is 55.0 Å². The fourth-order valence-corrected chi connectivity index (χ4v) is 2.23. The molecular formula is C8H16Cl2N4S. The van der Waals surface area contributed by atoms with Crippen molar-refractivity contribution >= 4 is 41.5 Å². The molecule has 0 saturated carbocycles. The summed E-state index contributed by atoms with van der Waals surface area (Å²) in [5.41, 5.74) is 5.82. The van der Waals surface area contributed by atoms with E-state index in [9.17, 15) is 0 Å². The third-order valence-electron chi connectivity index (χ3n) is 2.33. The van der Waals surface area contributed by atoms with Crippen LogP contribution in [0.2, 0.25) is 0 Å². The first-order chi connectivity index (χ1) is 6.25. The van der Waals surface area contributed by atoms with Gasteiger partial charge in [-0.15, -0.1) is 24.8 Å². The van der Waals surface area contributed by atoms with Crippen molar-refractivity contribution in [2.75, 3.05) is 18.0 Å². The highest BCUT2D eigenvalue weighted by atomic mass is 35.5. The quantitative estimate of drug-likeness (QED) is 0.843. The molecule has 0 radical (unpaired) electrons. The van der Waals surface area contributed by atoms with Crippen LogP contribution in [0.15, 0.2) is 0 Å². The van der Waals surface area contributed by atoms with E-state index in [1.54, 1.807) is 0 Å². The summed E-state index contributed by atoms with van der Waals surface area (Å²) in [4.78, 5) is 6.62. The third-order valence-corrected chi connectivity index (χ3v) is 3.20. The Morgan fingerprint density at radius 2 is 1.93 bits per heavy atom. The SMILES string of the molecule is Cc1nsc(N2CCC(N)CC2)n1.Cl.Cl. The van der Waals surface area contributed by atoms with Crippen LogP contribution in [0.1, 0.15) is 18.7 Å². The van der Waals surface area contributed by atoms with Gasteiger partial charge in [0.15, 0.2) is 0 Å². The number of aryl methyl sites for hydroxylation is 1. The zero-order chi connectivity index (χ0) is 9.26. The first-order valence-electron chi connectivity index (χ1n) is 4.56. The summed E-state index contributed by atoms with van der Waals surface area (Å²) in [5.74, 6) is 0.870. The molecule has 0 aliphatic carbocycles. The van der Waals surface area contributed by atoms with Crippen molar-refractivity contribution in [1.29, 1.82) is 0 Å². The number of hydrogen-bond donors (Lipinski definition) is 1. The maximum atomic E-state index is 5.82. The number of rotatable bonds is 1. The molecule has 0 bridgehead atoms. The van der Waals surface area contributed by atoms with E-state index in [4.69, 9.17) is 5.73 Å². The van der Waals surface area contributed by atoms with Crippen molar-refractivity contribution in [2.24, 2.45) is 5.73 Å². The molecule has 2 rings (SSSR count). The molecular weight excluding hydrogens is 255 g/mol. The lowest BCUT2D eigenvalue weighted by molar-refractivity contribution is 0.500. The molecule has 88 valence electrons. The van der Waals surface area contributed by atoms with Gasteiger partial charge in [-0.25, -0.2) is 4.98 Å². The molecule has 4 nitrogen and oxygen atoms in total. The molecule has 1 aromatic rings. The lowest BCUT2D eigenvalue weighted by Gasteiger charge is -2.29. The Labute approximate surface area is 106 Å². The highest BCUT2D eigenvalue weighted by Crippen LogP contribution is 2.20. The molecule has 0 amide bonds. The third kappa shape index (κ3) is 3.75. The van der Waals surface area contributed by atoms with E-state index >= 15 is 0 Å². The van der Waals surface area contributed by atoms with E-state index in [0.29, 0.717) is 6.04 Å². The van der Waals surface area contributed by atoms with E-state index < -0.39 is 0 Å². The summed E-state index contributed by atoms with van der Waals surface area (Å²) in [6.45, 7) is 3.97. The molecule has 0 unspecified atom stereocenters. The van der Waals surface area contributed by atoms with Gasteiger partial charge in [0.2, 0.25) is 5.13 Å². The molecule has 1 fully saturated rings. The number of nitrogens with zero attached hydrogens (tertiary/aromatic N) is 3. The number of nitrogens with two attached hydrogens (primary N) is 1. The summed E-state index contributed by atoms with van der Waals surface area (Å²) in [5, 5.41) is 1.05. The molecule has 1 aliphatic rings. The molecule has 15 heavy (non-hydrogen) atoms. The summed E-state index contributed by atoms with van der Waals surface area (Å²) in [6, 6.07) is 0.380. The van der Waals surface area contributed by atoms with Crippen molar-refractivity contribution in [1.82, 2.24) is 9.36 Å². The molecule has 0 spiro atoms. The fourth-order valence-electron chi connectivity index (χ4n) is 1.51. The summed E-state index contributed by atoms with van der Waals surface area (Å²) >= 11 is 1.48. The predicted molar refractivity (Wildman–Crippen MR) is 68.6 cm³/mol. The average Bonchev–Trinajstić information content (AvgIpc) is 2.53. The largest absolute Gasteiger partial charge is 0.347 e. The highest BCUT2D eigenvalue weighted by molar-refractivity contribution is 7.09. The van der Waals surface area contributed by atoms with Gasteiger partial charge in [-0.05, 0) is 19.8 Å². The van der Waals surface area contributed by atoms with Crippen LogP contribution in [0.4, 0.5) is 5.13 Å². The predicted octanol–water partition coefficient (Wildman–Crippen LogP) is 1.62. The number of anilines is 1. The second-order valence-corrected chi connectivity index (χ2v) is 4.18. The second kappa shape index (κ2) is 6.48. The van der Waals surface area contributed by atoms with Crippen LogP contribution in [0.25, 0.3) is 0 Å². The highest BCUT2D eigenvalue weighted by Gasteiger charge is 2.18. The molecule has 1 saturated heterocycles. The molecule has 0 atom stereocenters. The van der Waals surface area contributed by atoms with Crippen molar-refractivity contribution in [3.05, 3.63) is 5.82 Å². The first kappa shape index (κ1) is 14.9. The van der Waals surface area contributed by atoms with Gasteiger partial charge >= 0.3 is 0 Å². The second-order valence-electron chi connectivity index (χ2n) is 3.45. The molecule has 1 aliphatic heterocycles. The zero-order valence-corrected chi connectivity index (χ0v) is 11.0. The summed E-state index contributed by atoms with van der Waals surface area (Å²) < 4.78 is 4.17. The van der Waals surface area contributed by atoms with Crippen molar-refractivity contribution < 1.29 is 0 Å². The fraction of sp³-hybridized carbons (Fsp3) is 0.750. The van der Waals surface area contributed by atoms with Gasteiger partial charge in [0, 0.05) is 30.7 Å². The smallest absolute Gasteiger partial charge is 0.205 e. The van der Waals surface area contributed by atoms with Gasteiger partial charge in [0.25, 0.3) is 0 Å². The maximum Gasteiger partial charge on any atom is 0.205 e. The van der Waals surface area contributed by atoms with Crippen molar-refractivity contribution in [3.63, 3.8) is 0 Å². The standard InChI is InChI=1S/C8H14N4S.2ClH/c1-6-10-8(13-11-6)12-4-2-7(9)3-5-12;;/h7H,2-5,9H2,1H3;2*1H. The lowest BCUT2D eigenvalue weighted by atomic mass is 10.1. The van der Waals surface area contributed by atoms with Crippen molar-refractivity contribution in [2.45, 2.75) is 25.8 Å². The average molecular weight is 271 g/mol. The molecule has 2 N–H and O–H groups in total. The number of hydrogen-bond acceptors (Lipinski definition) is 5. The summed E-state index contributed by atoms with van der Waals surface area (Å²) in [6.07, 6.45) is 2.14. The van der Waals surface area contributed by atoms with Gasteiger partial charge in [0.1, 0.15) is 5.82 Å². The summed E-state index contributed by atoms with van der Waals surface area (Å²) in [7, 11) is 0. The number of aromatic nitrogens is 2. The van der Waals surface area contributed by atoms with E-state index in [2.05, 4.69) is 14.3 Å². The van der Waals surface area contributed by atoms with Crippen LogP contribution >= 0.6 is 36.3 Å². The Bertz CT molecular complexity index is 286. The van der Waals surface area contributed by atoms with Crippen LogP contribution in [0.5, 0.6) is 0 Å². The zero-order valence-electron chi connectivity index (χ0n) is 8.55. The minimum atomic E-state index is 0. The maximum absolute atomic E-state index is 5.82. The van der Waals surface area contributed by atoms with Gasteiger partial charge in [0.05, 0.1) is 0 Å². The molecule has 7 heteroatoms. The number of piperidine rings is 1.